The maximum atomic E-state index is 11.7. The summed E-state index contributed by atoms with van der Waals surface area (Å²) in [4.78, 5) is 17.0. The number of anilines is 1. The quantitative estimate of drug-likeness (QED) is 0.882. The first-order valence-corrected chi connectivity index (χ1v) is 7.63. The van der Waals surface area contributed by atoms with Gasteiger partial charge in [-0.3, -0.25) is 0 Å². The van der Waals surface area contributed by atoms with Crippen LogP contribution < -0.4 is 5.73 Å². The lowest BCUT2D eigenvalue weighted by Gasteiger charge is -2.09. The standard InChI is InChI=1S/C16H16N2O2S/c1-20-16(19)13-7-8-18-15(14(13)17)21-12-6-5-10-3-2-4-11(10)9-12/h5-9H,2-4,17H2,1H3. The summed E-state index contributed by atoms with van der Waals surface area (Å²) in [5.41, 5.74) is 9.60. The van der Waals surface area contributed by atoms with E-state index in [2.05, 4.69) is 23.2 Å². The Morgan fingerprint density at radius 2 is 2.10 bits per heavy atom. The number of aromatic nitrogens is 1. The summed E-state index contributed by atoms with van der Waals surface area (Å²) in [6.07, 6.45) is 5.10. The van der Waals surface area contributed by atoms with Crippen LogP contribution in [0, 0.1) is 0 Å². The monoisotopic (exact) mass is 300 g/mol. The molecule has 0 radical (unpaired) electrons. The highest BCUT2D eigenvalue weighted by Crippen LogP contribution is 2.34. The van der Waals surface area contributed by atoms with Gasteiger partial charge in [-0.25, -0.2) is 9.78 Å². The van der Waals surface area contributed by atoms with Crippen molar-refractivity contribution in [2.45, 2.75) is 29.2 Å². The van der Waals surface area contributed by atoms with Crippen molar-refractivity contribution in [1.82, 2.24) is 4.98 Å². The molecule has 3 rings (SSSR count). The van der Waals surface area contributed by atoms with Crippen LogP contribution in [-0.2, 0) is 17.6 Å². The van der Waals surface area contributed by atoms with Gasteiger partial charge in [-0.15, -0.1) is 0 Å². The lowest BCUT2D eigenvalue weighted by atomic mass is 10.1. The number of nitrogens with two attached hydrogens (primary N) is 1. The molecule has 1 aliphatic rings. The average Bonchev–Trinajstić information content (AvgIpc) is 2.96. The third-order valence-corrected chi connectivity index (χ3v) is 4.65. The van der Waals surface area contributed by atoms with Crippen LogP contribution in [0.25, 0.3) is 0 Å². The van der Waals surface area contributed by atoms with Crippen LogP contribution in [0.4, 0.5) is 5.69 Å². The zero-order valence-electron chi connectivity index (χ0n) is 11.8. The molecule has 5 heteroatoms. The van der Waals surface area contributed by atoms with Crippen LogP contribution in [0.5, 0.6) is 0 Å². The van der Waals surface area contributed by atoms with Gasteiger partial charge in [0.2, 0.25) is 0 Å². The number of nitrogen functional groups attached to an aromatic ring is 1. The predicted molar refractivity (Wildman–Crippen MR) is 82.6 cm³/mol. The number of hydrogen-bond acceptors (Lipinski definition) is 5. The molecule has 0 spiro atoms. The zero-order valence-corrected chi connectivity index (χ0v) is 12.6. The van der Waals surface area contributed by atoms with Crippen LogP contribution in [0.2, 0.25) is 0 Å². The topological polar surface area (TPSA) is 65.2 Å². The largest absolute Gasteiger partial charge is 0.465 e. The van der Waals surface area contributed by atoms with E-state index in [0.717, 1.165) is 11.3 Å². The molecule has 0 unspecified atom stereocenters. The summed E-state index contributed by atoms with van der Waals surface area (Å²) in [6.45, 7) is 0. The summed E-state index contributed by atoms with van der Waals surface area (Å²) in [7, 11) is 1.34. The van der Waals surface area contributed by atoms with Crippen LogP contribution in [0.1, 0.15) is 27.9 Å². The summed E-state index contributed by atoms with van der Waals surface area (Å²) < 4.78 is 4.73. The van der Waals surface area contributed by atoms with Crippen LogP contribution in [0.15, 0.2) is 40.4 Å². The minimum Gasteiger partial charge on any atom is -0.465 e. The summed E-state index contributed by atoms with van der Waals surface area (Å²) in [6, 6.07) is 8.03. The molecule has 0 saturated heterocycles. The molecule has 1 aliphatic carbocycles. The fraction of sp³-hybridized carbons (Fsp3) is 0.250. The number of carbonyl (C=O) groups excluding carboxylic acids is 1. The number of carbonyl (C=O) groups is 1. The van der Waals surface area contributed by atoms with Crippen LogP contribution in [-0.4, -0.2) is 18.1 Å². The van der Waals surface area contributed by atoms with Crippen molar-refractivity contribution < 1.29 is 9.53 Å². The van der Waals surface area contributed by atoms with Crippen LogP contribution >= 0.6 is 11.8 Å². The first-order valence-electron chi connectivity index (χ1n) is 6.81. The molecular weight excluding hydrogens is 284 g/mol. The fourth-order valence-electron chi connectivity index (χ4n) is 2.55. The number of hydrogen-bond donors (Lipinski definition) is 1. The third kappa shape index (κ3) is 2.74. The van der Waals surface area contributed by atoms with Gasteiger partial charge >= 0.3 is 5.97 Å². The van der Waals surface area contributed by atoms with Gasteiger partial charge in [0.25, 0.3) is 0 Å². The van der Waals surface area contributed by atoms with E-state index in [1.807, 2.05) is 0 Å². The van der Waals surface area contributed by atoms with E-state index in [4.69, 9.17) is 10.5 Å². The zero-order chi connectivity index (χ0) is 14.8. The molecule has 0 saturated carbocycles. The Morgan fingerprint density at radius 1 is 1.29 bits per heavy atom. The Kier molecular flexibility index (Phi) is 3.84. The van der Waals surface area contributed by atoms with E-state index >= 15 is 0 Å². The lowest BCUT2D eigenvalue weighted by Crippen LogP contribution is -2.07. The summed E-state index contributed by atoms with van der Waals surface area (Å²) in [5.74, 6) is -0.439. The van der Waals surface area contributed by atoms with Gasteiger partial charge in [0.15, 0.2) is 0 Å². The smallest absolute Gasteiger partial charge is 0.340 e. The highest BCUT2D eigenvalue weighted by Gasteiger charge is 2.16. The number of ether oxygens (including phenoxy) is 1. The number of nitrogens with zero attached hydrogens (tertiary/aromatic N) is 1. The Labute approximate surface area is 127 Å². The minimum absolute atomic E-state index is 0.358. The van der Waals surface area contributed by atoms with E-state index in [-0.39, 0.29) is 0 Å². The molecule has 0 amide bonds. The molecule has 0 atom stereocenters. The third-order valence-electron chi connectivity index (χ3n) is 3.64. The second kappa shape index (κ2) is 5.77. The van der Waals surface area contributed by atoms with Gasteiger partial charge in [-0.2, -0.15) is 0 Å². The number of pyridine rings is 1. The molecule has 2 aromatic rings. The van der Waals surface area contributed by atoms with Gasteiger partial charge in [0, 0.05) is 11.1 Å². The lowest BCUT2D eigenvalue weighted by molar-refractivity contribution is 0.0601. The highest BCUT2D eigenvalue weighted by atomic mass is 32.2. The molecule has 0 fully saturated rings. The number of fused-ring (bicyclic) bond motifs is 1. The molecule has 0 bridgehead atoms. The van der Waals surface area contributed by atoms with Crippen molar-refractivity contribution in [2.75, 3.05) is 12.8 Å². The molecule has 1 aromatic carbocycles. The minimum atomic E-state index is -0.439. The molecular formula is C16H16N2O2S. The maximum Gasteiger partial charge on any atom is 0.340 e. The number of benzene rings is 1. The first-order chi connectivity index (χ1) is 10.2. The van der Waals surface area contributed by atoms with E-state index in [1.54, 1.807) is 12.3 Å². The van der Waals surface area contributed by atoms with Gasteiger partial charge in [0.1, 0.15) is 5.03 Å². The van der Waals surface area contributed by atoms with Gasteiger partial charge in [0.05, 0.1) is 18.4 Å². The highest BCUT2D eigenvalue weighted by molar-refractivity contribution is 7.99. The number of esters is 1. The molecule has 2 N–H and O–H groups in total. The molecule has 1 heterocycles. The first kappa shape index (κ1) is 13.9. The molecule has 21 heavy (non-hydrogen) atoms. The Hall–Kier alpha value is -2.01. The molecule has 1 aromatic heterocycles. The SMILES string of the molecule is COC(=O)c1ccnc(Sc2ccc3c(c2)CCC3)c1N. The second-order valence-electron chi connectivity index (χ2n) is 4.96. The van der Waals surface area contributed by atoms with Gasteiger partial charge in [-0.05, 0) is 48.6 Å². The Bertz CT molecular complexity index is 701. The van der Waals surface area contributed by atoms with Gasteiger partial charge < -0.3 is 10.5 Å². The van der Waals surface area contributed by atoms with E-state index in [9.17, 15) is 4.79 Å². The van der Waals surface area contributed by atoms with E-state index in [0.29, 0.717) is 16.3 Å². The van der Waals surface area contributed by atoms with Crippen LogP contribution in [0.3, 0.4) is 0 Å². The average molecular weight is 300 g/mol. The van der Waals surface area contributed by atoms with Crippen molar-refractivity contribution in [3.63, 3.8) is 0 Å². The predicted octanol–water partition coefficient (Wildman–Crippen LogP) is 3.09. The van der Waals surface area contributed by atoms with E-state index in [1.165, 1.54) is 42.8 Å². The number of rotatable bonds is 3. The molecule has 0 aliphatic heterocycles. The van der Waals surface area contributed by atoms with Crippen molar-refractivity contribution in [3.8, 4) is 0 Å². The van der Waals surface area contributed by atoms with Crippen molar-refractivity contribution in [1.29, 1.82) is 0 Å². The fourth-order valence-corrected chi connectivity index (χ4v) is 3.44. The van der Waals surface area contributed by atoms with Crippen molar-refractivity contribution >= 4 is 23.4 Å². The number of methoxy groups -OCH3 is 1. The molecule has 4 nitrogen and oxygen atoms in total. The normalized spacial score (nSPS) is 13.0. The Balaban J connectivity index is 1.90. The summed E-state index contributed by atoms with van der Waals surface area (Å²) >= 11 is 1.48. The van der Waals surface area contributed by atoms with Crippen molar-refractivity contribution in [2.24, 2.45) is 0 Å². The van der Waals surface area contributed by atoms with Crippen molar-refractivity contribution in [3.05, 3.63) is 47.2 Å². The second-order valence-corrected chi connectivity index (χ2v) is 6.02. The van der Waals surface area contributed by atoms with Gasteiger partial charge in [-0.1, -0.05) is 17.8 Å². The number of aryl methyl sites for hydroxylation is 2. The molecule has 108 valence electrons. The Morgan fingerprint density at radius 3 is 2.90 bits per heavy atom. The summed E-state index contributed by atoms with van der Waals surface area (Å²) in [5, 5.41) is 0.635. The maximum absolute atomic E-state index is 11.7. The van der Waals surface area contributed by atoms with E-state index < -0.39 is 5.97 Å².